The summed E-state index contributed by atoms with van der Waals surface area (Å²) >= 11 is 0. The van der Waals surface area contributed by atoms with Crippen molar-refractivity contribution >= 4 is 17.3 Å². The van der Waals surface area contributed by atoms with Gasteiger partial charge in [-0.2, -0.15) is 0 Å². The highest BCUT2D eigenvalue weighted by Crippen LogP contribution is 2.34. The van der Waals surface area contributed by atoms with Gasteiger partial charge >= 0.3 is 0 Å². The van der Waals surface area contributed by atoms with E-state index in [1.807, 2.05) is 60.5 Å². The lowest BCUT2D eigenvalue weighted by Gasteiger charge is -2.27. The summed E-state index contributed by atoms with van der Waals surface area (Å²) in [6.07, 6.45) is 4.59. The van der Waals surface area contributed by atoms with Crippen LogP contribution in [0, 0.1) is 6.92 Å². The molecule has 2 N–H and O–H groups in total. The third kappa shape index (κ3) is 4.00. The Hall–Kier alpha value is -3.18. The average molecular weight is 386 g/mol. The molecule has 1 aliphatic heterocycles. The highest BCUT2D eigenvalue weighted by molar-refractivity contribution is 6.08. The van der Waals surface area contributed by atoms with Crippen LogP contribution in [0.15, 0.2) is 67.0 Å². The normalized spacial score (nSPS) is 13.7. The van der Waals surface area contributed by atoms with Crippen LogP contribution in [0.3, 0.4) is 0 Å². The van der Waals surface area contributed by atoms with Crippen molar-refractivity contribution in [2.24, 2.45) is 5.73 Å². The van der Waals surface area contributed by atoms with E-state index in [1.165, 1.54) is 0 Å². The molecule has 3 aromatic rings. The molecular weight excluding hydrogens is 360 g/mol. The minimum atomic E-state index is 0.0346. The number of nitrogens with two attached hydrogens (primary N) is 1. The number of anilines is 2. The van der Waals surface area contributed by atoms with Crippen LogP contribution in [0.2, 0.25) is 0 Å². The number of benzene rings is 2. The van der Waals surface area contributed by atoms with Crippen molar-refractivity contribution in [3.8, 4) is 0 Å². The van der Waals surface area contributed by atoms with Crippen molar-refractivity contribution in [1.82, 2.24) is 4.98 Å². The van der Waals surface area contributed by atoms with Crippen molar-refractivity contribution in [3.05, 3.63) is 89.2 Å². The zero-order chi connectivity index (χ0) is 20.2. The number of fused-ring (bicyclic) bond motifs is 1. The lowest BCUT2D eigenvalue weighted by Crippen LogP contribution is -2.31. The topological polar surface area (TPSA) is 62.5 Å². The number of pyridine rings is 1. The Kier molecular flexibility index (Phi) is 5.58. The molecule has 0 atom stereocenters. The zero-order valence-electron chi connectivity index (χ0n) is 16.7. The molecule has 0 fully saturated rings. The van der Waals surface area contributed by atoms with E-state index >= 15 is 0 Å². The number of aromatic nitrogens is 1. The molecule has 0 unspecified atom stereocenters. The van der Waals surface area contributed by atoms with Crippen molar-refractivity contribution in [2.75, 3.05) is 22.9 Å². The summed E-state index contributed by atoms with van der Waals surface area (Å²) in [6, 6.07) is 18.0. The summed E-state index contributed by atoms with van der Waals surface area (Å²) in [5.74, 6) is 0.0346. The van der Waals surface area contributed by atoms with Crippen LogP contribution >= 0.6 is 0 Å². The summed E-state index contributed by atoms with van der Waals surface area (Å²) in [6.45, 7) is 4.84. The molecule has 5 nitrogen and oxygen atoms in total. The molecule has 1 aliphatic rings. The maximum Gasteiger partial charge on any atom is 0.258 e. The molecule has 2 heterocycles. The molecule has 1 aromatic heterocycles. The van der Waals surface area contributed by atoms with Gasteiger partial charge in [0, 0.05) is 44.1 Å². The number of nitrogens with zero attached hydrogens (tertiary/aromatic N) is 3. The molecule has 0 saturated heterocycles. The quantitative estimate of drug-likeness (QED) is 0.739. The van der Waals surface area contributed by atoms with E-state index < -0.39 is 0 Å². The fourth-order valence-electron chi connectivity index (χ4n) is 3.92. The molecule has 148 valence electrons. The standard InChI is InChI=1S/C24H26N4O/c1-18-14-20(9-10-21(18)15-25)24(29)28-13-5-12-27(17-19-6-4-11-26-16-19)22-7-2-3-8-23(22)28/h2-4,6-11,14,16H,5,12-13,15,17,25H2,1H3. The highest BCUT2D eigenvalue weighted by Gasteiger charge is 2.25. The van der Waals surface area contributed by atoms with Gasteiger partial charge in [-0.05, 0) is 60.4 Å². The fraction of sp³-hybridized carbons (Fsp3) is 0.250. The Labute approximate surface area is 171 Å². The molecular formula is C24H26N4O. The second-order valence-corrected chi connectivity index (χ2v) is 7.43. The Balaban J connectivity index is 1.66. The monoisotopic (exact) mass is 386 g/mol. The van der Waals surface area contributed by atoms with Gasteiger partial charge in [-0.15, -0.1) is 0 Å². The summed E-state index contributed by atoms with van der Waals surface area (Å²) in [5.41, 5.74) is 11.8. The van der Waals surface area contributed by atoms with Gasteiger partial charge in [0.1, 0.15) is 0 Å². The van der Waals surface area contributed by atoms with E-state index in [0.29, 0.717) is 18.7 Å². The molecule has 0 radical (unpaired) electrons. The first-order chi connectivity index (χ1) is 14.2. The lowest BCUT2D eigenvalue weighted by molar-refractivity contribution is 0.0987. The molecule has 5 heteroatoms. The van der Waals surface area contributed by atoms with E-state index in [-0.39, 0.29) is 5.91 Å². The van der Waals surface area contributed by atoms with Crippen LogP contribution in [0.25, 0.3) is 0 Å². The number of hydrogen-bond donors (Lipinski definition) is 1. The van der Waals surface area contributed by atoms with Gasteiger partial charge in [-0.1, -0.05) is 24.3 Å². The molecule has 29 heavy (non-hydrogen) atoms. The van der Waals surface area contributed by atoms with E-state index in [0.717, 1.165) is 47.6 Å². The number of amides is 1. The Morgan fingerprint density at radius 3 is 2.62 bits per heavy atom. The average Bonchev–Trinajstić information content (AvgIpc) is 2.94. The van der Waals surface area contributed by atoms with E-state index in [4.69, 9.17) is 5.73 Å². The number of hydrogen-bond acceptors (Lipinski definition) is 4. The van der Waals surface area contributed by atoms with Crippen LogP contribution in [0.5, 0.6) is 0 Å². The Morgan fingerprint density at radius 1 is 1.07 bits per heavy atom. The number of carbonyl (C=O) groups is 1. The van der Waals surface area contributed by atoms with Gasteiger partial charge in [0.05, 0.1) is 11.4 Å². The second-order valence-electron chi connectivity index (χ2n) is 7.43. The van der Waals surface area contributed by atoms with Crippen LogP contribution in [0.4, 0.5) is 11.4 Å². The molecule has 0 spiro atoms. The van der Waals surface area contributed by atoms with Gasteiger partial charge < -0.3 is 15.5 Å². The Bertz CT molecular complexity index is 1000. The number of carbonyl (C=O) groups excluding carboxylic acids is 1. The highest BCUT2D eigenvalue weighted by atomic mass is 16.2. The Morgan fingerprint density at radius 2 is 1.90 bits per heavy atom. The maximum atomic E-state index is 13.4. The molecule has 1 amide bonds. The molecule has 0 saturated carbocycles. The molecule has 0 bridgehead atoms. The lowest BCUT2D eigenvalue weighted by atomic mass is 10.0. The first kappa shape index (κ1) is 19.2. The molecule has 2 aromatic carbocycles. The van der Waals surface area contributed by atoms with Gasteiger partial charge in [0.15, 0.2) is 0 Å². The zero-order valence-corrected chi connectivity index (χ0v) is 16.7. The van der Waals surface area contributed by atoms with E-state index in [2.05, 4.69) is 22.0 Å². The van der Waals surface area contributed by atoms with Crippen LogP contribution < -0.4 is 15.5 Å². The minimum Gasteiger partial charge on any atom is -0.365 e. The largest absolute Gasteiger partial charge is 0.365 e. The third-order valence-electron chi connectivity index (χ3n) is 5.47. The first-order valence-electron chi connectivity index (χ1n) is 10.0. The second kappa shape index (κ2) is 8.45. The van der Waals surface area contributed by atoms with Gasteiger partial charge in [-0.25, -0.2) is 0 Å². The van der Waals surface area contributed by atoms with Gasteiger partial charge in [-0.3, -0.25) is 9.78 Å². The maximum absolute atomic E-state index is 13.4. The van der Waals surface area contributed by atoms with Crippen molar-refractivity contribution in [1.29, 1.82) is 0 Å². The predicted molar refractivity (Wildman–Crippen MR) is 117 cm³/mol. The van der Waals surface area contributed by atoms with Gasteiger partial charge in [0.2, 0.25) is 0 Å². The number of aryl methyl sites for hydroxylation is 1. The smallest absolute Gasteiger partial charge is 0.258 e. The van der Waals surface area contributed by atoms with Gasteiger partial charge in [0.25, 0.3) is 5.91 Å². The van der Waals surface area contributed by atoms with Crippen LogP contribution in [0.1, 0.15) is 33.5 Å². The van der Waals surface area contributed by atoms with E-state index in [1.54, 1.807) is 6.20 Å². The van der Waals surface area contributed by atoms with E-state index in [9.17, 15) is 4.79 Å². The van der Waals surface area contributed by atoms with Crippen molar-refractivity contribution < 1.29 is 4.79 Å². The molecule has 0 aliphatic carbocycles. The SMILES string of the molecule is Cc1cc(C(=O)N2CCCN(Cc3cccnc3)c3ccccc32)ccc1CN. The number of rotatable bonds is 4. The summed E-state index contributed by atoms with van der Waals surface area (Å²) in [7, 11) is 0. The predicted octanol–water partition coefficient (Wildman–Crippen LogP) is 3.91. The van der Waals surface area contributed by atoms with Crippen molar-refractivity contribution in [2.45, 2.75) is 26.4 Å². The van der Waals surface area contributed by atoms with Crippen molar-refractivity contribution in [3.63, 3.8) is 0 Å². The number of para-hydroxylation sites is 2. The summed E-state index contributed by atoms with van der Waals surface area (Å²) in [4.78, 5) is 21.9. The fourth-order valence-corrected chi connectivity index (χ4v) is 3.92. The third-order valence-corrected chi connectivity index (χ3v) is 5.47. The van der Waals surface area contributed by atoms with Crippen LogP contribution in [-0.4, -0.2) is 24.0 Å². The first-order valence-corrected chi connectivity index (χ1v) is 10.0. The summed E-state index contributed by atoms with van der Waals surface area (Å²) in [5, 5.41) is 0. The minimum absolute atomic E-state index is 0.0346. The van der Waals surface area contributed by atoms with Crippen LogP contribution in [-0.2, 0) is 13.1 Å². The molecule has 4 rings (SSSR count). The summed E-state index contributed by atoms with van der Waals surface area (Å²) < 4.78 is 0.